The summed E-state index contributed by atoms with van der Waals surface area (Å²) in [6, 6.07) is 7.48. The van der Waals surface area contributed by atoms with Crippen molar-refractivity contribution >= 4 is 34.1 Å². The third-order valence-corrected chi connectivity index (χ3v) is 4.78. The minimum atomic E-state index is -4.66. The van der Waals surface area contributed by atoms with E-state index in [0.29, 0.717) is 29.7 Å². The Morgan fingerprint density at radius 3 is 2.47 bits per heavy atom. The van der Waals surface area contributed by atoms with Crippen molar-refractivity contribution in [3.05, 3.63) is 66.2 Å². The van der Waals surface area contributed by atoms with Gasteiger partial charge in [0, 0.05) is 24.5 Å². The first-order valence-corrected chi connectivity index (χ1v) is 9.25. The molecule has 2 aromatic carbocycles. The van der Waals surface area contributed by atoms with Gasteiger partial charge in [0.15, 0.2) is 5.82 Å². The summed E-state index contributed by atoms with van der Waals surface area (Å²) in [6.07, 6.45) is -1.37. The van der Waals surface area contributed by atoms with Gasteiger partial charge in [-0.2, -0.15) is 18.3 Å². The van der Waals surface area contributed by atoms with Gasteiger partial charge < -0.3 is 16.4 Å². The number of rotatable bonds is 3. The Bertz CT molecular complexity index is 1310. The van der Waals surface area contributed by atoms with E-state index in [4.69, 9.17) is 5.73 Å². The molecule has 7 nitrogen and oxygen atoms in total. The number of aromatic nitrogens is 3. The monoisotopic (exact) mass is 444 g/mol. The zero-order valence-electron chi connectivity index (χ0n) is 16.5. The normalized spacial score (nSPS) is 11.5. The largest absolute Gasteiger partial charge is 0.416 e. The first kappa shape index (κ1) is 21.1. The van der Waals surface area contributed by atoms with Crippen LogP contribution in [0.25, 0.3) is 22.0 Å². The number of nitrogens with two attached hydrogens (primary N) is 1. The van der Waals surface area contributed by atoms with E-state index in [0.717, 1.165) is 22.0 Å². The summed E-state index contributed by atoms with van der Waals surface area (Å²) in [4.78, 5) is 16.4. The number of carbonyl (C=O) groups excluding carboxylic acids is 1. The Kier molecular flexibility index (Phi) is 5.17. The SMILES string of the molecule is Cn1nc(N)c2c(-c3ccc(NC(=O)Nc4cc(C(F)(F)F)ccc4F)cc3)cncc21. The van der Waals surface area contributed by atoms with Crippen LogP contribution in [0.15, 0.2) is 54.9 Å². The van der Waals surface area contributed by atoms with Crippen LogP contribution in [0, 0.1) is 5.82 Å². The number of carbonyl (C=O) groups is 1. The van der Waals surface area contributed by atoms with Crippen molar-refractivity contribution in [1.29, 1.82) is 0 Å². The molecule has 164 valence electrons. The van der Waals surface area contributed by atoms with Crippen molar-refractivity contribution in [2.45, 2.75) is 6.18 Å². The maximum Gasteiger partial charge on any atom is 0.416 e. The van der Waals surface area contributed by atoms with Gasteiger partial charge in [0.1, 0.15) is 5.82 Å². The number of amides is 2. The van der Waals surface area contributed by atoms with Crippen molar-refractivity contribution in [2.75, 3.05) is 16.4 Å². The second kappa shape index (κ2) is 7.84. The fourth-order valence-corrected chi connectivity index (χ4v) is 3.26. The summed E-state index contributed by atoms with van der Waals surface area (Å²) in [7, 11) is 1.75. The number of fused-ring (bicyclic) bond motifs is 1. The third-order valence-electron chi connectivity index (χ3n) is 4.78. The van der Waals surface area contributed by atoms with Gasteiger partial charge in [-0.25, -0.2) is 9.18 Å². The Morgan fingerprint density at radius 2 is 1.78 bits per heavy atom. The second-order valence-corrected chi connectivity index (χ2v) is 6.94. The number of hydrogen-bond donors (Lipinski definition) is 3. The van der Waals surface area contributed by atoms with Gasteiger partial charge in [0.25, 0.3) is 0 Å². The number of benzene rings is 2. The van der Waals surface area contributed by atoms with Crippen LogP contribution in [0.4, 0.5) is 39.5 Å². The van der Waals surface area contributed by atoms with E-state index in [1.165, 1.54) is 0 Å². The van der Waals surface area contributed by atoms with Crippen LogP contribution in [0.3, 0.4) is 0 Å². The van der Waals surface area contributed by atoms with Crippen molar-refractivity contribution in [1.82, 2.24) is 14.8 Å². The van der Waals surface area contributed by atoms with Gasteiger partial charge in [0.2, 0.25) is 0 Å². The molecule has 2 amide bonds. The zero-order valence-corrected chi connectivity index (χ0v) is 16.5. The number of nitrogens with one attached hydrogen (secondary N) is 2. The lowest BCUT2D eigenvalue weighted by molar-refractivity contribution is -0.137. The number of nitrogens with zero attached hydrogens (tertiary/aromatic N) is 3. The van der Waals surface area contributed by atoms with Crippen LogP contribution in [-0.2, 0) is 13.2 Å². The van der Waals surface area contributed by atoms with E-state index >= 15 is 0 Å². The van der Waals surface area contributed by atoms with Crippen LogP contribution in [-0.4, -0.2) is 20.8 Å². The smallest absolute Gasteiger partial charge is 0.382 e. The molecular formula is C21H16F4N6O. The molecular weight excluding hydrogens is 428 g/mol. The quantitative estimate of drug-likeness (QED) is 0.387. The molecule has 0 aliphatic heterocycles. The van der Waals surface area contributed by atoms with E-state index in [9.17, 15) is 22.4 Å². The Labute approximate surface area is 178 Å². The summed E-state index contributed by atoms with van der Waals surface area (Å²) < 4.78 is 53.9. The molecule has 0 spiro atoms. The summed E-state index contributed by atoms with van der Waals surface area (Å²) in [5.41, 5.74) is 6.96. The maximum atomic E-state index is 13.8. The molecule has 11 heteroatoms. The number of alkyl halides is 3. The molecule has 0 fully saturated rings. The summed E-state index contributed by atoms with van der Waals surface area (Å²) in [5.74, 6) is -0.636. The minimum Gasteiger partial charge on any atom is -0.382 e. The number of pyridine rings is 1. The Balaban J connectivity index is 1.52. The predicted octanol–water partition coefficient (Wildman–Crippen LogP) is 5.02. The minimum absolute atomic E-state index is 0.345. The molecule has 0 saturated carbocycles. The van der Waals surface area contributed by atoms with Crippen LogP contribution >= 0.6 is 0 Å². The molecule has 4 aromatic rings. The molecule has 0 bridgehead atoms. The summed E-state index contributed by atoms with van der Waals surface area (Å²) in [5, 5.41) is 9.47. The standard InChI is InChI=1S/C21H16F4N6O/c1-31-17-10-27-9-14(18(17)19(26)30-31)11-2-5-13(6-3-11)28-20(32)29-16-8-12(21(23,24)25)4-7-15(16)22/h2-10H,1H3,(H2,26,30)(H2,28,29,32). The number of nitrogen functional groups attached to an aromatic ring is 1. The van der Waals surface area contributed by atoms with E-state index < -0.39 is 29.3 Å². The van der Waals surface area contributed by atoms with Gasteiger partial charge in [-0.3, -0.25) is 9.67 Å². The van der Waals surface area contributed by atoms with Crippen LogP contribution in [0.1, 0.15) is 5.56 Å². The highest BCUT2D eigenvalue weighted by atomic mass is 19.4. The maximum absolute atomic E-state index is 13.8. The average molecular weight is 444 g/mol. The second-order valence-electron chi connectivity index (χ2n) is 6.94. The first-order valence-electron chi connectivity index (χ1n) is 9.25. The lowest BCUT2D eigenvalue weighted by Crippen LogP contribution is -2.20. The number of aryl methyl sites for hydroxylation is 1. The fraction of sp³-hybridized carbons (Fsp3) is 0.0952. The number of halogens is 4. The first-order chi connectivity index (χ1) is 15.1. The average Bonchev–Trinajstić information content (AvgIpc) is 3.03. The number of hydrogen-bond acceptors (Lipinski definition) is 4. The molecule has 0 atom stereocenters. The van der Waals surface area contributed by atoms with Crippen molar-refractivity contribution in [3.63, 3.8) is 0 Å². The molecule has 0 aliphatic carbocycles. The molecule has 2 aromatic heterocycles. The van der Waals surface area contributed by atoms with E-state index in [-0.39, 0.29) is 0 Å². The highest BCUT2D eigenvalue weighted by Crippen LogP contribution is 2.33. The molecule has 32 heavy (non-hydrogen) atoms. The third kappa shape index (κ3) is 4.04. The summed E-state index contributed by atoms with van der Waals surface area (Å²) in [6.45, 7) is 0. The lowest BCUT2D eigenvalue weighted by atomic mass is 10.0. The van der Waals surface area contributed by atoms with Gasteiger partial charge in [-0.15, -0.1) is 0 Å². The van der Waals surface area contributed by atoms with Crippen molar-refractivity contribution in [3.8, 4) is 11.1 Å². The van der Waals surface area contributed by atoms with Crippen LogP contribution < -0.4 is 16.4 Å². The molecule has 0 radical (unpaired) electrons. The van der Waals surface area contributed by atoms with Gasteiger partial charge >= 0.3 is 12.2 Å². The lowest BCUT2D eigenvalue weighted by Gasteiger charge is -2.12. The van der Waals surface area contributed by atoms with E-state index in [1.54, 1.807) is 48.4 Å². The summed E-state index contributed by atoms with van der Waals surface area (Å²) >= 11 is 0. The fourth-order valence-electron chi connectivity index (χ4n) is 3.26. The predicted molar refractivity (Wildman–Crippen MR) is 112 cm³/mol. The number of anilines is 3. The van der Waals surface area contributed by atoms with Crippen LogP contribution in [0.5, 0.6) is 0 Å². The van der Waals surface area contributed by atoms with E-state index in [2.05, 4.69) is 20.7 Å². The molecule has 4 N–H and O–H groups in total. The van der Waals surface area contributed by atoms with Crippen LogP contribution in [0.2, 0.25) is 0 Å². The van der Waals surface area contributed by atoms with Gasteiger partial charge in [-0.05, 0) is 35.9 Å². The molecule has 0 aliphatic rings. The Hall–Kier alpha value is -4.15. The van der Waals surface area contributed by atoms with Crippen molar-refractivity contribution in [2.24, 2.45) is 7.05 Å². The van der Waals surface area contributed by atoms with E-state index in [1.807, 2.05) is 0 Å². The zero-order chi connectivity index (χ0) is 23.0. The molecule has 2 heterocycles. The molecule has 4 rings (SSSR count). The Morgan fingerprint density at radius 1 is 1.06 bits per heavy atom. The van der Waals surface area contributed by atoms with Gasteiger partial charge in [-0.1, -0.05) is 12.1 Å². The topological polar surface area (TPSA) is 97.9 Å². The van der Waals surface area contributed by atoms with Crippen molar-refractivity contribution < 1.29 is 22.4 Å². The van der Waals surface area contributed by atoms with Gasteiger partial charge in [0.05, 0.1) is 28.4 Å². The molecule has 0 unspecified atom stereocenters. The molecule has 0 saturated heterocycles. The highest BCUT2D eigenvalue weighted by Gasteiger charge is 2.31. The highest BCUT2D eigenvalue weighted by molar-refractivity contribution is 6.02. The number of urea groups is 1.